The number of ether oxygens (including phenoxy) is 1. The van der Waals surface area contributed by atoms with Crippen molar-refractivity contribution < 1.29 is 33.4 Å². The summed E-state index contributed by atoms with van der Waals surface area (Å²) < 4.78 is 11.0. The van der Waals surface area contributed by atoms with Gasteiger partial charge in [-0.3, -0.25) is 19.7 Å². The van der Waals surface area contributed by atoms with Gasteiger partial charge in [0.2, 0.25) is 0 Å². The number of methoxy groups -OCH3 is 1. The molecule has 1 unspecified atom stereocenters. The molecule has 2 aliphatic rings. The van der Waals surface area contributed by atoms with Crippen molar-refractivity contribution >= 4 is 34.8 Å². The van der Waals surface area contributed by atoms with E-state index >= 15 is 0 Å². The fourth-order valence-corrected chi connectivity index (χ4v) is 4.10. The summed E-state index contributed by atoms with van der Waals surface area (Å²) >= 11 is 0. The molecule has 182 valence electrons. The number of hydrogen-bond donors (Lipinski definition) is 4. The van der Waals surface area contributed by atoms with Crippen LogP contribution in [0.4, 0.5) is 4.79 Å². The predicted octanol–water partition coefficient (Wildman–Crippen LogP) is 1.04. The smallest absolute Gasteiger partial charge is 0.345 e. The van der Waals surface area contributed by atoms with Crippen LogP contribution in [0.3, 0.4) is 0 Å². The number of amides is 4. The van der Waals surface area contributed by atoms with E-state index in [1.54, 1.807) is 12.2 Å². The van der Waals surface area contributed by atoms with Crippen molar-refractivity contribution in [2.45, 2.75) is 18.9 Å². The van der Waals surface area contributed by atoms with E-state index in [1.165, 1.54) is 31.1 Å². The van der Waals surface area contributed by atoms with Crippen LogP contribution in [0.2, 0.25) is 0 Å². The van der Waals surface area contributed by atoms with E-state index in [1.807, 2.05) is 0 Å². The van der Waals surface area contributed by atoms with Crippen LogP contribution in [0.25, 0.3) is 11.0 Å². The summed E-state index contributed by atoms with van der Waals surface area (Å²) in [6.07, 6.45) is 5.33. The number of carbonyl (C=O) groups excluding carboxylic acids is 3. The second-order valence-electron chi connectivity index (χ2n) is 8.12. The zero-order valence-corrected chi connectivity index (χ0v) is 18.9. The third-order valence-corrected chi connectivity index (χ3v) is 5.86. The number of furan rings is 1. The maximum absolute atomic E-state index is 13.2. The predicted molar refractivity (Wildman–Crippen MR) is 121 cm³/mol. The molecular formula is C23H22N4O8. The minimum atomic E-state index is -1.89. The molecule has 2 aliphatic heterocycles. The van der Waals surface area contributed by atoms with Crippen LogP contribution in [0.15, 0.2) is 51.4 Å². The van der Waals surface area contributed by atoms with E-state index < -0.39 is 40.5 Å². The Kier molecular flexibility index (Phi) is 5.81. The molecule has 4 amide bonds. The van der Waals surface area contributed by atoms with Crippen LogP contribution in [0.5, 0.6) is 0 Å². The number of aromatic nitrogens is 1. The van der Waals surface area contributed by atoms with Crippen LogP contribution >= 0.6 is 0 Å². The standard InChI is InChI=1S/C23H22N4O8/c1-11-8-13(34-3)6-4-5-7-27(19(11)29)10-23(21(32)25-22(33)26-23)15-9-14-12(2)24-18(28)16(20(30)31)17(14)35-15/h4,6,8-9H,1,5,7,10H2,2-3H3,(H,24,28)(H,30,31)(H2,25,26,32,33). The summed E-state index contributed by atoms with van der Waals surface area (Å²) in [6, 6.07) is 0.551. The van der Waals surface area contributed by atoms with E-state index in [4.69, 9.17) is 9.15 Å². The van der Waals surface area contributed by atoms with Crippen LogP contribution in [0.1, 0.15) is 28.2 Å². The Morgan fingerprint density at radius 1 is 1.31 bits per heavy atom. The second-order valence-corrected chi connectivity index (χ2v) is 8.12. The first kappa shape index (κ1) is 23.5. The van der Waals surface area contributed by atoms with Gasteiger partial charge in [0, 0.05) is 23.2 Å². The second kappa shape index (κ2) is 8.63. The van der Waals surface area contributed by atoms with Crippen molar-refractivity contribution in [2.75, 3.05) is 20.2 Å². The number of carbonyl (C=O) groups is 4. The lowest BCUT2D eigenvalue weighted by atomic mass is 9.94. The van der Waals surface area contributed by atoms with Gasteiger partial charge in [-0.1, -0.05) is 12.7 Å². The number of imide groups is 1. The number of carboxylic acid groups (broad SMARTS) is 1. The number of rotatable bonds is 5. The molecule has 35 heavy (non-hydrogen) atoms. The van der Waals surface area contributed by atoms with Crippen LogP contribution < -0.4 is 16.2 Å². The summed E-state index contributed by atoms with van der Waals surface area (Å²) in [5.74, 6) is -2.55. The molecule has 4 heterocycles. The first-order valence-electron chi connectivity index (χ1n) is 10.5. The van der Waals surface area contributed by atoms with Crippen molar-refractivity contribution in [3.63, 3.8) is 0 Å². The van der Waals surface area contributed by atoms with Gasteiger partial charge in [-0.25, -0.2) is 9.59 Å². The number of nitrogens with zero attached hydrogens (tertiary/aromatic N) is 1. The van der Waals surface area contributed by atoms with E-state index in [9.17, 15) is 29.1 Å². The largest absolute Gasteiger partial charge is 0.497 e. The number of allylic oxidation sites excluding steroid dienone is 1. The Bertz CT molecular complexity index is 1410. The van der Waals surface area contributed by atoms with Crippen molar-refractivity contribution in [1.82, 2.24) is 20.5 Å². The Morgan fingerprint density at radius 2 is 2.06 bits per heavy atom. The monoisotopic (exact) mass is 482 g/mol. The number of hydrogen-bond acceptors (Lipinski definition) is 7. The number of H-pyrrole nitrogens is 1. The first-order chi connectivity index (χ1) is 16.6. The van der Waals surface area contributed by atoms with Crippen LogP contribution in [-0.4, -0.2) is 59.0 Å². The summed E-state index contributed by atoms with van der Waals surface area (Å²) in [4.78, 5) is 66.2. The number of aryl methyl sites for hydroxylation is 1. The fourth-order valence-electron chi connectivity index (χ4n) is 4.10. The van der Waals surface area contributed by atoms with Crippen LogP contribution in [0, 0.1) is 6.92 Å². The van der Waals surface area contributed by atoms with E-state index in [0.717, 1.165) is 0 Å². The summed E-state index contributed by atoms with van der Waals surface area (Å²) in [5.41, 5.74) is -3.27. The number of pyridine rings is 1. The molecule has 12 nitrogen and oxygen atoms in total. The molecule has 1 saturated heterocycles. The summed E-state index contributed by atoms with van der Waals surface area (Å²) in [6.45, 7) is 5.14. The molecule has 0 aliphatic carbocycles. The molecule has 0 radical (unpaired) electrons. The van der Waals surface area contributed by atoms with Crippen molar-refractivity contribution in [3.8, 4) is 0 Å². The minimum Gasteiger partial charge on any atom is -0.497 e. The highest BCUT2D eigenvalue weighted by Crippen LogP contribution is 2.33. The highest BCUT2D eigenvalue weighted by Gasteiger charge is 2.52. The summed E-state index contributed by atoms with van der Waals surface area (Å²) in [7, 11) is 1.46. The van der Waals surface area contributed by atoms with Gasteiger partial charge in [0.05, 0.1) is 13.7 Å². The van der Waals surface area contributed by atoms with Crippen molar-refractivity contribution in [2.24, 2.45) is 0 Å². The molecule has 12 heteroatoms. The molecule has 1 fully saturated rings. The maximum atomic E-state index is 13.2. The number of aromatic carboxylic acids is 1. The number of carboxylic acids is 1. The van der Waals surface area contributed by atoms with Crippen molar-refractivity contribution in [3.05, 3.63) is 69.6 Å². The van der Waals surface area contributed by atoms with Gasteiger partial charge in [0.25, 0.3) is 17.4 Å². The number of aromatic amines is 1. The average molecular weight is 482 g/mol. The zero-order chi connectivity index (χ0) is 25.5. The molecule has 0 bridgehead atoms. The molecule has 2 aromatic rings. The zero-order valence-electron chi connectivity index (χ0n) is 18.9. The number of fused-ring (bicyclic) bond motifs is 1. The average Bonchev–Trinajstić information content (AvgIpc) is 3.36. The van der Waals surface area contributed by atoms with Gasteiger partial charge < -0.3 is 29.5 Å². The molecular weight excluding hydrogens is 460 g/mol. The van der Waals surface area contributed by atoms with E-state index in [0.29, 0.717) is 17.9 Å². The Labute approximate surface area is 197 Å². The Morgan fingerprint density at radius 3 is 2.69 bits per heavy atom. The minimum absolute atomic E-state index is 0.0903. The summed E-state index contributed by atoms with van der Waals surface area (Å²) in [5, 5.41) is 14.4. The third kappa shape index (κ3) is 3.98. The lowest BCUT2D eigenvalue weighted by Crippen LogP contribution is -2.54. The maximum Gasteiger partial charge on any atom is 0.345 e. The number of nitrogens with one attached hydrogen (secondary N) is 3. The highest BCUT2D eigenvalue weighted by atomic mass is 16.5. The quantitative estimate of drug-likeness (QED) is 0.362. The van der Waals surface area contributed by atoms with Crippen molar-refractivity contribution in [1.29, 1.82) is 0 Å². The van der Waals surface area contributed by atoms with Gasteiger partial charge in [0.1, 0.15) is 11.5 Å². The first-order valence-corrected chi connectivity index (χ1v) is 10.5. The SMILES string of the molecule is C=C1C=C(OC)C=CCCN(CC2(c3cc4c(C)[nH]c(=O)c(C(=O)O)c4o3)NC(=O)NC2=O)C1=O. The third-order valence-electron chi connectivity index (χ3n) is 5.86. The van der Waals surface area contributed by atoms with Gasteiger partial charge >= 0.3 is 12.0 Å². The molecule has 4 N–H and O–H groups in total. The molecule has 1 atom stereocenters. The molecule has 2 aromatic heterocycles. The van der Waals surface area contributed by atoms with Crippen LogP contribution in [-0.2, 0) is 19.9 Å². The fraction of sp³-hybridized carbons (Fsp3) is 0.261. The van der Waals surface area contributed by atoms with Gasteiger partial charge in [-0.05, 0) is 31.6 Å². The van der Waals surface area contributed by atoms with Gasteiger partial charge in [-0.2, -0.15) is 0 Å². The molecule has 0 spiro atoms. The van der Waals surface area contributed by atoms with Gasteiger partial charge in [0.15, 0.2) is 16.7 Å². The van der Waals surface area contributed by atoms with E-state index in [-0.39, 0.29) is 35.4 Å². The van der Waals surface area contributed by atoms with Gasteiger partial charge in [-0.15, -0.1) is 0 Å². The molecule has 4 rings (SSSR count). The lowest BCUT2D eigenvalue weighted by molar-refractivity contribution is -0.131. The topological polar surface area (TPSA) is 171 Å². The Hall–Kier alpha value is -4.61. The normalized spacial score (nSPS) is 20.7. The molecule has 0 aromatic carbocycles. The number of urea groups is 1. The highest BCUT2D eigenvalue weighted by molar-refractivity contribution is 6.09. The van der Waals surface area contributed by atoms with E-state index in [2.05, 4.69) is 22.2 Å². The Balaban J connectivity index is 1.85. The lowest BCUT2D eigenvalue weighted by Gasteiger charge is -2.31. The molecule has 0 saturated carbocycles.